The first-order valence-corrected chi connectivity index (χ1v) is 8.15. The van der Waals surface area contributed by atoms with E-state index in [9.17, 15) is 40.7 Å². The van der Waals surface area contributed by atoms with E-state index in [4.69, 9.17) is 0 Å². The highest BCUT2D eigenvalue weighted by molar-refractivity contribution is 5.98. The van der Waals surface area contributed by atoms with Gasteiger partial charge in [-0.25, -0.2) is 4.79 Å². The molecule has 0 atom stereocenters. The van der Waals surface area contributed by atoms with Gasteiger partial charge in [-0.3, -0.25) is 9.59 Å². The Hall–Kier alpha value is -3.37. The number of halogens is 6. The molecule has 0 aliphatic heterocycles. The number of hydrogen-bond donors (Lipinski definition) is 1. The molecule has 0 saturated heterocycles. The summed E-state index contributed by atoms with van der Waals surface area (Å²) in [6, 6.07) is 5.99. The van der Waals surface area contributed by atoms with Crippen LogP contribution in [0, 0.1) is 0 Å². The minimum absolute atomic E-state index is 0.133. The van der Waals surface area contributed by atoms with E-state index in [0.29, 0.717) is 0 Å². The zero-order valence-corrected chi connectivity index (χ0v) is 15.1. The van der Waals surface area contributed by atoms with Gasteiger partial charge in [-0.1, -0.05) is 12.1 Å². The van der Waals surface area contributed by atoms with Crippen LogP contribution in [0.15, 0.2) is 42.5 Å². The number of carbonyl (C=O) groups is 3. The van der Waals surface area contributed by atoms with Crippen LogP contribution >= 0.6 is 0 Å². The molecule has 0 radical (unpaired) electrons. The van der Waals surface area contributed by atoms with Crippen LogP contribution in [0.5, 0.6) is 0 Å². The van der Waals surface area contributed by atoms with Gasteiger partial charge in [-0.05, 0) is 37.3 Å². The van der Waals surface area contributed by atoms with E-state index in [1.54, 1.807) is 0 Å². The maximum Gasteiger partial charge on any atom is 0.416 e. The van der Waals surface area contributed by atoms with Crippen molar-refractivity contribution in [2.75, 3.05) is 11.9 Å². The molecule has 0 aliphatic carbocycles. The molecule has 160 valence electrons. The first-order valence-electron chi connectivity index (χ1n) is 8.15. The highest BCUT2D eigenvalue weighted by Gasteiger charge is 2.37. The van der Waals surface area contributed by atoms with Crippen LogP contribution in [0.4, 0.5) is 32.0 Å². The fourth-order valence-electron chi connectivity index (χ4n) is 2.30. The van der Waals surface area contributed by atoms with Crippen LogP contribution in [0.25, 0.3) is 0 Å². The Kier molecular flexibility index (Phi) is 6.53. The summed E-state index contributed by atoms with van der Waals surface area (Å²) in [5.41, 5.74) is -3.91. The Balaban J connectivity index is 2.13. The summed E-state index contributed by atoms with van der Waals surface area (Å²) in [5.74, 6) is -2.73. The van der Waals surface area contributed by atoms with Gasteiger partial charge in [0.05, 0.1) is 16.7 Å². The number of Topliss-reactive ketones (excluding diaryl/α,β-unsaturated/α-hetero) is 1. The minimum Gasteiger partial charge on any atom is -0.452 e. The molecule has 2 aromatic rings. The summed E-state index contributed by atoms with van der Waals surface area (Å²) >= 11 is 0. The molecule has 0 spiro atoms. The average molecular weight is 433 g/mol. The molecule has 5 nitrogen and oxygen atoms in total. The largest absolute Gasteiger partial charge is 0.452 e. The third-order valence-electron chi connectivity index (χ3n) is 3.71. The van der Waals surface area contributed by atoms with Crippen molar-refractivity contribution in [3.8, 4) is 0 Å². The van der Waals surface area contributed by atoms with E-state index in [2.05, 4.69) is 10.1 Å². The number of benzene rings is 2. The topological polar surface area (TPSA) is 72.5 Å². The van der Waals surface area contributed by atoms with Crippen molar-refractivity contribution >= 4 is 23.3 Å². The standard InChI is InChI=1S/C19H13F6NO4/c1-10(27)11-3-2-4-15(7-11)26-16(28)9-30-17(29)12-5-13(18(20,21)22)8-14(6-12)19(23,24)25/h2-8H,9H2,1H3,(H,26,28). The highest BCUT2D eigenvalue weighted by Crippen LogP contribution is 2.36. The van der Waals surface area contributed by atoms with Crippen molar-refractivity contribution in [1.82, 2.24) is 0 Å². The molecule has 0 saturated carbocycles. The molecule has 0 aliphatic rings. The Labute approximate surface area is 165 Å². The van der Waals surface area contributed by atoms with Crippen LogP contribution in [0.2, 0.25) is 0 Å². The number of ketones is 1. The molecule has 0 heterocycles. The number of rotatable bonds is 5. The maximum atomic E-state index is 12.8. The van der Waals surface area contributed by atoms with Gasteiger partial charge in [-0.2, -0.15) is 26.3 Å². The van der Waals surface area contributed by atoms with Crippen molar-refractivity contribution in [3.05, 3.63) is 64.7 Å². The molecule has 0 bridgehead atoms. The van der Waals surface area contributed by atoms with Gasteiger partial charge in [0.15, 0.2) is 12.4 Å². The lowest BCUT2D eigenvalue weighted by atomic mass is 10.0. The van der Waals surface area contributed by atoms with Gasteiger partial charge in [-0.15, -0.1) is 0 Å². The van der Waals surface area contributed by atoms with Crippen molar-refractivity contribution in [2.45, 2.75) is 19.3 Å². The summed E-state index contributed by atoms with van der Waals surface area (Å²) in [7, 11) is 0. The van der Waals surface area contributed by atoms with E-state index in [1.807, 2.05) is 0 Å². The Morgan fingerprint density at radius 3 is 1.93 bits per heavy atom. The van der Waals surface area contributed by atoms with E-state index in [0.717, 1.165) is 0 Å². The lowest BCUT2D eigenvalue weighted by molar-refractivity contribution is -0.143. The monoisotopic (exact) mass is 433 g/mol. The van der Waals surface area contributed by atoms with Gasteiger partial charge >= 0.3 is 18.3 Å². The molecular formula is C19H13F6NO4. The fraction of sp³-hybridized carbons (Fsp3) is 0.211. The van der Waals surface area contributed by atoms with Gasteiger partial charge in [0.1, 0.15) is 0 Å². The Morgan fingerprint density at radius 1 is 0.867 bits per heavy atom. The van der Waals surface area contributed by atoms with Crippen LogP contribution in [0.1, 0.15) is 38.8 Å². The van der Waals surface area contributed by atoms with Crippen LogP contribution in [-0.4, -0.2) is 24.3 Å². The third kappa shape index (κ3) is 6.06. The molecule has 1 N–H and O–H groups in total. The van der Waals surface area contributed by atoms with Crippen molar-refractivity contribution in [2.24, 2.45) is 0 Å². The number of carbonyl (C=O) groups excluding carboxylic acids is 3. The first kappa shape index (κ1) is 22.9. The van der Waals surface area contributed by atoms with Gasteiger partial charge in [0, 0.05) is 11.3 Å². The lowest BCUT2D eigenvalue weighted by Crippen LogP contribution is -2.21. The maximum absolute atomic E-state index is 12.8. The molecule has 30 heavy (non-hydrogen) atoms. The minimum atomic E-state index is -5.13. The predicted molar refractivity (Wildman–Crippen MR) is 91.8 cm³/mol. The fourth-order valence-corrected chi connectivity index (χ4v) is 2.30. The molecule has 0 aromatic heterocycles. The summed E-state index contributed by atoms with van der Waals surface area (Å²) in [4.78, 5) is 35.1. The van der Waals surface area contributed by atoms with Gasteiger partial charge in [0.25, 0.3) is 5.91 Å². The zero-order valence-electron chi connectivity index (χ0n) is 15.1. The third-order valence-corrected chi connectivity index (χ3v) is 3.71. The second kappa shape index (κ2) is 8.56. The Morgan fingerprint density at radius 2 is 1.43 bits per heavy atom. The van der Waals surface area contributed by atoms with E-state index >= 15 is 0 Å². The predicted octanol–water partition coefficient (Wildman–Crippen LogP) is 4.72. The van der Waals surface area contributed by atoms with E-state index < -0.39 is 47.5 Å². The number of alkyl halides is 6. The second-order valence-corrected chi connectivity index (χ2v) is 6.06. The Bertz CT molecular complexity index is 949. The quantitative estimate of drug-likeness (QED) is 0.421. The molecule has 2 aromatic carbocycles. The van der Waals surface area contributed by atoms with Gasteiger partial charge in [0.2, 0.25) is 0 Å². The SMILES string of the molecule is CC(=O)c1cccc(NC(=O)COC(=O)c2cc(C(F)(F)F)cc(C(F)(F)F)c2)c1. The second-order valence-electron chi connectivity index (χ2n) is 6.06. The van der Waals surface area contributed by atoms with E-state index in [-0.39, 0.29) is 35.2 Å². The van der Waals surface area contributed by atoms with Gasteiger partial charge < -0.3 is 10.1 Å². The average Bonchev–Trinajstić information content (AvgIpc) is 2.64. The molecule has 2 rings (SSSR count). The molecular weight excluding hydrogens is 420 g/mol. The van der Waals surface area contributed by atoms with Crippen molar-refractivity contribution < 1.29 is 45.5 Å². The first-order chi connectivity index (χ1) is 13.8. The smallest absolute Gasteiger partial charge is 0.416 e. The normalized spacial score (nSPS) is 11.7. The number of hydrogen-bond acceptors (Lipinski definition) is 4. The number of esters is 1. The molecule has 1 amide bonds. The highest BCUT2D eigenvalue weighted by atomic mass is 19.4. The summed E-state index contributed by atoms with van der Waals surface area (Å²) < 4.78 is 81.5. The molecule has 0 unspecified atom stereocenters. The number of amides is 1. The van der Waals surface area contributed by atoms with Crippen molar-refractivity contribution in [3.63, 3.8) is 0 Å². The number of ether oxygens (including phenoxy) is 1. The number of nitrogens with one attached hydrogen (secondary N) is 1. The van der Waals surface area contributed by atoms with Crippen LogP contribution in [0.3, 0.4) is 0 Å². The van der Waals surface area contributed by atoms with Crippen LogP contribution < -0.4 is 5.32 Å². The molecule has 11 heteroatoms. The summed E-state index contributed by atoms with van der Waals surface area (Å²) in [5, 5.41) is 2.29. The van der Waals surface area contributed by atoms with Crippen molar-refractivity contribution in [1.29, 1.82) is 0 Å². The summed E-state index contributed by atoms with van der Waals surface area (Å²) in [6.45, 7) is 0.327. The number of anilines is 1. The summed E-state index contributed by atoms with van der Waals surface area (Å²) in [6.07, 6.45) is -10.3. The van der Waals surface area contributed by atoms with E-state index in [1.165, 1.54) is 31.2 Å². The molecule has 0 fully saturated rings. The lowest BCUT2D eigenvalue weighted by Gasteiger charge is -2.14. The van der Waals surface area contributed by atoms with Crippen LogP contribution in [-0.2, 0) is 21.9 Å². The zero-order chi connectivity index (χ0) is 22.7.